The van der Waals surface area contributed by atoms with Gasteiger partial charge in [0.05, 0.1) is 26.2 Å². The van der Waals surface area contributed by atoms with E-state index in [1.807, 2.05) is 6.08 Å². The molecule has 0 radical (unpaired) electrons. The first kappa shape index (κ1) is 48.9. The number of rotatable bonds is 36. The SMILES string of the molecule is CC/C=C\C/C=C\C/C=C\CCCCCCCC(=O)OC[C@H](COP(=O)(O)OC[C@@H](O)CO)OC(=O)C/C=C/CCCCCCCCCCCC. The van der Waals surface area contributed by atoms with Crippen molar-refractivity contribution in [3.05, 3.63) is 48.6 Å². The maximum Gasteiger partial charge on any atom is 0.472 e. The molecule has 11 heteroatoms. The molecule has 1 unspecified atom stereocenters. The lowest BCUT2D eigenvalue weighted by atomic mass is 10.1. The van der Waals surface area contributed by atoms with Crippen molar-refractivity contribution in [1.82, 2.24) is 0 Å². The molecule has 10 nitrogen and oxygen atoms in total. The fraction of sp³-hybridized carbons (Fsp3) is 0.750. The molecular weight excluding hydrogens is 671 g/mol. The molecule has 0 aromatic carbocycles. The molecule has 0 amide bonds. The number of carbonyl (C=O) groups is 2. The fourth-order valence-corrected chi connectivity index (χ4v) is 5.78. The second-order valence-corrected chi connectivity index (χ2v) is 14.4. The maximum absolute atomic E-state index is 12.5. The first-order chi connectivity index (χ1) is 24.7. The van der Waals surface area contributed by atoms with E-state index in [-0.39, 0.29) is 19.4 Å². The van der Waals surface area contributed by atoms with Crippen LogP contribution in [-0.2, 0) is 32.7 Å². The lowest BCUT2D eigenvalue weighted by Gasteiger charge is -2.20. The van der Waals surface area contributed by atoms with E-state index < -0.39 is 51.8 Å². The number of hydrogen-bond donors (Lipinski definition) is 3. The highest BCUT2D eigenvalue weighted by Crippen LogP contribution is 2.43. The highest BCUT2D eigenvalue weighted by atomic mass is 31.2. The molecule has 0 aliphatic carbocycles. The number of unbranched alkanes of at least 4 members (excludes halogenated alkanes) is 15. The molecule has 3 N–H and O–H groups in total. The predicted molar refractivity (Wildman–Crippen MR) is 205 cm³/mol. The minimum atomic E-state index is -4.63. The van der Waals surface area contributed by atoms with Crippen molar-refractivity contribution in [2.75, 3.05) is 26.4 Å². The highest BCUT2D eigenvalue weighted by molar-refractivity contribution is 7.47. The molecule has 0 aliphatic heterocycles. The van der Waals surface area contributed by atoms with Gasteiger partial charge in [-0.15, -0.1) is 0 Å². The van der Waals surface area contributed by atoms with Crippen LogP contribution in [0.3, 0.4) is 0 Å². The zero-order chi connectivity index (χ0) is 37.7. The third-order valence-corrected chi connectivity index (χ3v) is 8.95. The summed E-state index contributed by atoms with van der Waals surface area (Å²) in [6, 6.07) is 0. The number of hydrogen-bond acceptors (Lipinski definition) is 9. The molecule has 296 valence electrons. The van der Waals surface area contributed by atoms with Gasteiger partial charge >= 0.3 is 19.8 Å². The molecule has 0 saturated heterocycles. The normalized spacial score (nSPS) is 14.5. The van der Waals surface area contributed by atoms with Gasteiger partial charge in [-0.1, -0.05) is 140 Å². The Morgan fingerprint density at radius 2 is 1.14 bits per heavy atom. The summed E-state index contributed by atoms with van der Waals surface area (Å²) in [6.07, 6.45) is 36.8. The van der Waals surface area contributed by atoms with Crippen LogP contribution >= 0.6 is 7.82 Å². The van der Waals surface area contributed by atoms with Crippen LogP contribution in [0.15, 0.2) is 48.6 Å². The van der Waals surface area contributed by atoms with Crippen molar-refractivity contribution in [3.63, 3.8) is 0 Å². The van der Waals surface area contributed by atoms with Gasteiger partial charge in [0.1, 0.15) is 12.7 Å². The van der Waals surface area contributed by atoms with E-state index in [4.69, 9.17) is 19.1 Å². The van der Waals surface area contributed by atoms with Gasteiger partial charge in [-0.05, 0) is 51.4 Å². The number of aliphatic hydroxyl groups excluding tert-OH is 2. The summed E-state index contributed by atoms with van der Waals surface area (Å²) in [5.74, 6) is -1.04. The number of allylic oxidation sites excluding steroid dienone is 7. The fourth-order valence-electron chi connectivity index (χ4n) is 4.99. The van der Waals surface area contributed by atoms with Crippen LogP contribution in [0.25, 0.3) is 0 Å². The molecule has 0 fully saturated rings. The van der Waals surface area contributed by atoms with Gasteiger partial charge in [0.25, 0.3) is 0 Å². The van der Waals surface area contributed by atoms with Gasteiger partial charge in [-0.2, -0.15) is 0 Å². The van der Waals surface area contributed by atoms with E-state index in [1.54, 1.807) is 6.08 Å². The smallest absolute Gasteiger partial charge is 0.462 e. The van der Waals surface area contributed by atoms with Crippen molar-refractivity contribution in [2.45, 2.75) is 167 Å². The highest BCUT2D eigenvalue weighted by Gasteiger charge is 2.27. The standard InChI is InChI=1S/C40H71O10P/c1-3-5-7-9-11-13-15-17-18-20-21-23-25-27-29-31-39(43)47-35-38(36-49-51(45,46)48-34-37(42)33-41)50-40(44)32-30-28-26-24-22-19-16-14-12-10-8-6-4-2/h5,7,11,13,17-18,28,30,37-38,41-42H,3-4,6,8-10,12,14-16,19-27,29,31-36H2,1-2H3,(H,45,46)/b7-5-,13-11-,18-17-,30-28+/t37-,38+/m0/s1. The Morgan fingerprint density at radius 1 is 0.627 bits per heavy atom. The van der Waals surface area contributed by atoms with Gasteiger partial charge in [0.15, 0.2) is 6.10 Å². The number of carbonyl (C=O) groups excluding carboxylic acids is 2. The maximum atomic E-state index is 12.5. The minimum absolute atomic E-state index is 0.00195. The summed E-state index contributed by atoms with van der Waals surface area (Å²) in [7, 11) is -4.63. The van der Waals surface area contributed by atoms with Crippen molar-refractivity contribution < 1.29 is 47.8 Å². The van der Waals surface area contributed by atoms with Crippen molar-refractivity contribution >= 4 is 19.8 Å². The van der Waals surface area contributed by atoms with Gasteiger partial charge in [-0.3, -0.25) is 18.6 Å². The molecule has 0 spiro atoms. The topological polar surface area (TPSA) is 149 Å². The Morgan fingerprint density at radius 3 is 1.73 bits per heavy atom. The summed E-state index contributed by atoms with van der Waals surface area (Å²) in [5, 5.41) is 18.3. The number of phosphoric ester groups is 1. The third-order valence-electron chi connectivity index (χ3n) is 8.00. The Balaban J connectivity index is 4.43. The lowest BCUT2D eigenvalue weighted by molar-refractivity contribution is -0.160. The van der Waals surface area contributed by atoms with Crippen LogP contribution in [0.5, 0.6) is 0 Å². The molecule has 0 aliphatic rings. The van der Waals surface area contributed by atoms with Gasteiger partial charge in [0, 0.05) is 6.42 Å². The zero-order valence-electron chi connectivity index (χ0n) is 31.8. The van der Waals surface area contributed by atoms with E-state index in [0.29, 0.717) is 6.42 Å². The van der Waals surface area contributed by atoms with Crippen LogP contribution in [0.1, 0.15) is 155 Å². The van der Waals surface area contributed by atoms with E-state index >= 15 is 0 Å². The van der Waals surface area contributed by atoms with Crippen molar-refractivity contribution in [3.8, 4) is 0 Å². The van der Waals surface area contributed by atoms with E-state index in [1.165, 1.54) is 51.4 Å². The van der Waals surface area contributed by atoms with Crippen LogP contribution in [0.2, 0.25) is 0 Å². The Labute approximate surface area is 309 Å². The monoisotopic (exact) mass is 742 g/mol. The average molecular weight is 743 g/mol. The molecular formula is C40H71O10P. The number of aliphatic hydroxyl groups is 2. The summed E-state index contributed by atoms with van der Waals surface area (Å²) in [5.41, 5.74) is 0. The van der Waals surface area contributed by atoms with Gasteiger partial charge < -0.3 is 24.6 Å². The number of phosphoric acid groups is 1. The quantitative estimate of drug-likeness (QED) is 0.0245. The second-order valence-electron chi connectivity index (χ2n) is 12.9. The van der Waals surface area contributed by atoms with Crippen LogP contribution in [0.4, 0.5) is 0 Å². The first-order valence-electron chi connectivity index (χ1n) is 19.6. The summed E-state index contributed by atoms with van der Waals surface area (Å²) in [4.78, 5) is 34.8. The van der Waals surface area contributed by atoms with Crippen LogP contribution in [-0.4, -0.2) is 65.7 Å². The zero-order valence-corrected chi connectivity index (χ0v) is 32.7. The summed E-state index contributed by atoms with van der Waals surface area (Å²) in [6.45, 7) is 2.17. The van der Waals surface area contributed by atoms with Crippen molar-refractivity contribution in [2.24, 2.45) is 0 Å². The Kier molecular flexibility index (Phi) is 34.8. The molecule has 0 rings (SSSR count). The first-order valence-corrected chi connectivity index (χ1v) is 21.1. The molecule has 0 heterocycles. The molecule has 0 saturated carbocycles. The summed E-state index contributed by atoms with van der Waals surface area (Å²) < 4.78 is 32.5. The number of esters is 2. The van der Waals surface area contributed by atoms with Gasteiger partial charge in [0.2, 0.25) is 0 Å². The molecule has 51 heavy (non-hydrogen) atoms. The number of ether oxygens (including phenoxy) is 2. The minimum Gasteiger partial charge on any atom is -0.462 e. The van der Waals surface area contributed by atoms with Gasteiger partial charge in [-0.25, -0.2) is 4.57 Å². The van der Waals surface area contributed by atoms with Crippen molar-refractivity contribution in [1.29, 1.82) is 0 Å². The predicted octanol–water partition coefficient (Wildman–Crippen LogP) is 9.78. The van der Waals surface area contributed by atoms with Crippen LogP contribution in [0, 0.1) is 0 Å². The Bertz CT molecular complexity index is 994. The molecule has 0 bridgehead atoms. The van der Waals surface area contributed by atoms with E-state index in [9.17, 15) is 24.2 Å². The largest absolute Gasteiger partial charge is 0.472 e. The second kappa shape index (κ2) is 36.3. The average Bonchev–Trinajstić information content (AvgIpc) is 3.12. The molecule has 0 aromatic heterocycles. The Hall–Kier alpha value is -2.07. The van der Waals surface area contributed by atoms with E-state index in [2.05, 4.69) is 54.8 Å². The summed E-state index contributed by atoms with van der Waals surface area (Å²) >= 11 is 0. The molecule has 0 aromatic rings. The third kappa shape index (κ3) is 36.1. The van der Waals surface area contributed by atoms with Crippen LogP contribution < -0.4 is 0 Å². The van der Waals surface area contributed by atoms with E-state index in [0.717, 1.165) is 70.6 Å². The lowest BCUT2D eigenvalue weighted by Crippen LogP contribution is -2.29. The molecule has 3 atom stereocenters.